The first-order valence-electron chi connectivity index (χ1n) is 45.3. The van der Waals surface area contributed by atoms with E-state index in [2.05, 4.69) is 22.5 Å². The maximum atomic E-state index is 12.7. The fourth-order valence-electron chi connectivity index (χ4n) is 12.8. The first kappa shape index (κ1) is 116. The van der Waals surface area contributed by atoms with Crippen LogP contribution in [-0.2, 0) is 76.4 Å². The van der Waals surface area contributed by atoms with E-state index in [4.69, 9.17) is 54.0 Å². The van der Waals surface area contributed by atoms with Gasteiger partial charge < -0.3 is 76.5 Å². The molecule has 0 bridgehead atoms. The molecule has 0 spiro atoms. The molecule has 0 saturated carbocycles. The van der Waals surface area contributed by atoms with E-state index in [1.165, 1.54) is 20.8 Å². The molecule has 15 N–H and O–H groups in total. The van der Waals surface area contributed by atoms with Crippen LogP contribution >= 0.6 is 0 Å². The van der Waals surface area contributed by atoms with E-state index < -0.39 is 155 Å². The highest BCUT2D eigenvalue weighted by Gasteiger charge is 2.36. The van der Waals surface area contributed by atoms with Gasteiger partial charge in [-0.2, -0.15) is 0 Å². The largest absolute Gasteiger partial charge is 0.481 e. The predicted octanol–water partition coefficient (Wildman–Crippen LogP) is 13.3. The lowest BCUT2D eigenvalue weighted by atomic mass is 9.95. The number of benzene rings is 10. The number of nitrogens with one attached hydrogen (secondary N) is 1. The van der Waals surface area contributed by atoms with Crippen molar-refractivity contribution in [3.63, 3.8) is 0 Å². The fourth-order valence-corrected chi connectivity index (χ4v) is 12.8. The summed E-state index contributed by atoms with van der Waals surface area (Å²) in [5.74, 6) is -11.5. The van der Waals surface area contributed by atoms with Crippen molar-refractivity contribution in [1.82, 2.24) is 5.32 Å². The number of carboxylic acids is 4. The Labute approximate surface area is 815 Å². The van der Waals surface area contributed by atoms with Crippen LogP contribution in [0.2, 0.25) is 0 Å². The molecule has 0 aliphatic carbocycles. The van der Waals surface area contributed by atoms with Gasteiger partial charge in [-0.05, 0) is 183 Å². The Bertz CT molecular complexity index is 5540. The number of aliphatic hydroxyl groups is 1. The summed E-state index contributed by atoms with van der Waals surface area (Å²) in [7, 11) is 1.61. The highest BCUT2D eigenvalue weighted by atomic mass is 16.6. The number of likely N-dealkylation sites (N-methyl/N-ethyl adjacent to an activating group) is 1. The standard InChI is InChI=1S/C25H31NO5.3C20H21NO5.C16H14O3.C9H18O3/c1-16(23(28)30-17(2)21(26-6)24(29)31-25(3,4)5)19-13-10-14-20(15-19)22(27)18-11-8-7-9-12-18;3*1-12(20(25)26-13(2)17(21)19(23)24)15-9-6-10-16(11-15)18(22)14-7-4-3-5-8-14;1-11(16(18)19)13-8-5-9-14(10-13)15(17)12-6-3-2-4-7-12;1-6(7(2)10)8(11)12-9(3,4)5/h7-17,21,26H,1-6H3;3*3-13,17H,21H2,1-2H3,(H,23,24);2-11H,1H3,(H,18,19);6-7,10H,1-5H3/p+3/t16?,17-,21+;2*12-,13+,17-;12-,13-,17+;;6-,7+/m1001.0/s1. The number of ether oxygens (including phenoxy) is 6. The first-order chi connectivity index (χ1) is 65.8. The van der Waals surface area contributed by atoms with Crippen molar-refractivity contribution in [1.29, 1.82) is 0 Å². The number of rotatable bonds is 35. The SMILES string of the molecule is CC(C(=O)O)c1cccc(C(=O)c2ccccc2)c1.CN[C@H](C(=O)OC(C)(C)C)[C@@H](C)OC(=O)C(C)c1cccc(C(=O)c2ccccc2)c1.C[C@@H](C(=O)O[C@H](C)[C@H]([NH3+])C(=O)O)c1cccc(C(=O)c2ccccc2)c1.C[C@H](C(=O)OC(C)(C)C)[C@@H](C)O.C[C@H](C(=O)O[C@H](C)[C@H]([NH3+])C(=O)O)c1cccc(C(=O)c2ccccc2)c1.C[C@H](C(=O)O[C@H](C)[C@H]([NH3+])C(=O)O)c1cccc(C(=O)c2ccccc2)c1. The topological polar surface area (TPSA) is 508 Å². The molecule has 0 aliphatic heterocycles. The van der Waals surface area contributed by atoms with Crippen molar-refractivity contribution in [3.8, 4) is 0 Å². The first-order valence-corrected chi connectivity index (χ1v) is 45.3. The summed E-state index contributed by atoms with van der Waals surface area (Å²) in [6, 6.07) is 74.7. The number of esters is 6. The predicted molar refractivity (Wildman–Crippen MR) is 522 cm³/mol. The van der Waals surface area contributed by atoms with E-state index in [9.17, 15) is 71.9 Å². The van der Waals surface area contributed by atoms with Crippen LogP contribution in [-0.4, -0.2) is 187 Å². The quantitative estimate of drug-likeness (QED) is 0.0101. The molecule has 0 saturated heterocycles. The van der Waals surface area contributed by atoms with Crippen molar-refractivity contribution in [2.45, 2.75) is 213 Å². The second kappa shape index (κ2) is 55.4. The maximum absolute atomic E-state index is 12.7. The smallest absolute Gasteiger partial charge is 0.366 e. The molecule has 10 rings (SSSR count). The monoisotopic (exact) mass is 1920 g/mol. The average Bonchev–Trinajstić information content (AvgIpc) is 0.883. The van der Waals surface area contributed by atoms with Crippen LogP contribution < -0.4 is 22.5 Å². The average molecular weight is 1920 g/mol. The highest BCUT2D eigenvalue weighted by Crippen LogP contribution is 2.28. The van der Waals surface area contributed by atoms with Gasteiger partial charge in [0.1, 0.15) is 23.3 Å². The Kier molecular flexibility index (Phi) is 45.8. The summed E-state index contributed by atoms with van der Waals surface area (Å²) in [4.78, 5) is 180. The van der Waals surface area contributed by atoms with Crippen molar-refractivity contribution < 1.29 is 143 Å². The van der Waals surface area contributed by atoms with Crippen LogP contribution in [0.3, 0.4) is 0 Å². The molecule has 0 amide bonds. The van der Waals surface area contributed by atoms with Gasteiger partial charge >= 0.3 is 59.7 Å². The Morgan fingerprint density at radius 1 is 0.257 bits per heavy atom. The zero-order valence-corrected chi connectivity index (χ0v) is 82.1. The Hall–Kier alpha value is -15.0. The molecule has 30 nitrogen and oxygen atoms in total. The molecule has 15 atom stereocenters. The van der Waals surface area contributed by atoms with Crippen LogP contribution in [0.4, 0.5) is 0 Å². The molecule has 10 aromatic carbocycles. The van der Waals surface area contributed by atoms with Crippen molar-refractivity contribution in [2.24, 2.45) is 5.92 Å². The molecule has 30 heteroatoms. The molecular weight excluding hydrogens is 1790 g/mol. The number of aliphatic hydroxyl groups excluding tert-OH is 1. The minimum atomic E-state index is -1.13. The molecular formula is C110H129N4O26+3. The second-order valence-corrected chi connectivity index (χ2v) is 35.3. The summed E-state index contributed by atoms with van der Waals surface area (Å²) in [6.45, 7) is 28.4. The summed E-state index contributed by atoms with van der Waals surface area (Å²) < 4.78 is 31.6. The third-order valence-corrected chi connectivity index (χ3v) is 22.0. The number of quaternary nitrogens is 3. The van der Waals surface area contributed by atoms with E-state index in [0.29, 0.717) is 83.5 Å². The van der Waals surface area contributed by atoms with E-state index in [1.807, 2.05) is 30.3 Å². The molecule has 0 radical (unpaired) electrons. The second-order valence-electron chi connectivity index (χ2n) is 35.3. The molecule has 2 unspecified atom stereocenters. The molecule has 140 heavy (non-hydrogen) atoms. The van der Waals surface area contributed by atoms with E-state index >= 15 is 0 Å². The number of aliphatic carboxylic acids is 4. The van der Waals surface area contributed by atoms with Crippen LogP contribution in [0.1, 0.15) is 255 Å². The minimum Gasteiger partial charge on any atom is -0.481 e. The molecule has 0 heterocycles. The highest BCUT2D eigenvalue weighted by molar-refractivity contribution is 6.12. The van der Waals surface area contributed by atoms with Gasteiger partial charge in [-0.15, -0.1) is 0 Å². The zero-order valence-electron chi connectivity index (χ0n) is 82.1. The van der Waals surface area contributed by atoms with Gasteiger partial charge in [-0.25, -0.2) is 14.4 Å². The molecule has 0 fully saturated rings. The van der Waals surface area contributed by atoms with Gasteiger partial charge in [-0.3, -0.25) is 57.5 Å². The van der Waals surface area contributed by atoms with Gasteiger partial charge in [0.05, 0.1) is 41.6 Å². The van der Waals surface area contributed by atoms with Gasteiger partial charge in [0.15, 0.2) is 47.2 Å². The van der Waals surface area contributed by atoms with Gasteiger partial charge in [-0.1, -0.05) is 243 Å². The molecule has 10 aromatic rings. The number of ketones is 5. The normalized spacial score (nSPS) is 14.1. The van der Waals surface area contributed by atoms with Gasteiger partial charge in [0, 0.05) is 55.6 Å². The fraction of sp³-hybridized carbons (Fsp3) is 0.318. The van der Waals surface area contributed by atoms with E-state index in [-0.39, 0.29) is 34.9 Å². The number of carboxylic acid groups (broad SMARTS) is 4. The third kappa shape index (κ3) is 36.8. The van der Waals surface area contributed by atoms with E-state index in [0.717, 1.165) is 0 Å². The number of hydrogen-bond acceptors (Lipinski definition) is 23. The van der Waals surface area contributed by atoms with Crippen LogP contribution in [0.25, 0.3) is 0 Å². The van der Waals surface area contributed by atoms with E-state index in [1.54, 1.807) is 347 Å². The van der Waals surface area contributed by atoms with Crippen LogP contribution in [0.15, 0.2) is 273 Å². The number of carbonyl (C=O) groups excluding carboxylic acids is 11. The van der Waals surface area contributed by atoms with Crippen molar-refractivity contribution >= 4 is 88.6 Å². The summed E-state index contributed by atoms with van der Waals surface area (Å²) in [6.07, 6.45) is -3.94. The Balaban J connectivity index is 0.000000301. The summed E-state index contributed by atoms with van der Waals surface area (Å²) in [5.41, 5.74) is 17.8. The Morgan fingerprint density at radius 2 is 0.450 bits per heavy atom. The molecule has 0 aromatic heterocycles. The lowest BCUT2D eigenvalue weighted by molar-refractivity contribution is -0.423. The summed E-state index contributed by atoms with van der Waals surface area (Å²) in [5, 5.41) is 47.7. The maximum Gasteiger partial charge on any atom is 0.366 e. The zero-order chi connectivity index (χ0) is 105. The lowest BCUT2D eigenvalue weighted by Crippen LogP contribution is -2.70. The van der Waals surface area contributed by atoms with Gasteiger partial charge in [0.2, 0.25) is 18.1 Å². The van der Waals surface area contributed by atoms with Crippen LogP contribution in [0.5, 0.6) is 0 Å². The third-order valence-electron chi connectivity index (χ3n) is 22.0. The lowest BCUT2D eigenvalue weighted by Gasteiger charge is -2.27. The van der Waals surface area contributed by atoms with Gasteiger partial charge in [0.25, 0.3) is 0 Å². The minimum absolute atomic E-state index is 0.0972. The number of carbonyl (C=O) groups is 15. The molecule has 0 aliphatic rings. The number of hydrogen-bond donors (Lipinski definition) is 9. The Morgan fingerprint density at radius 3 is 0.636 bits per heavy atom. The van der Waals surface area contributed by atoms with Crippen molar-refractivity contribution in [2.75, 3.05) is 7.05 Å². The molecule has 742 valence electrons. The summed E-state index contributed by atoms with van der Waals surface area (Å²) >= 11 is 0. The van der Waals surface area contributed by atoms with Crippen LogP contribution in [0, 0.1) is 5.92 Å². The van der Waals surface area contributed by atoms with Crippen molar-refractivity contribution in [3.05, 3.63) is 356 Å².